The van der Waals surface area contributed by atoms with E-state index < -0.39 is 11.7 Å². The number of nitrogens with one attached hydrogen (secondary N) is 2. The van der Waals surface area contributed by atoms with Crippen molar-refractivity contribution in [1.82, 2.24) is 0 Å². The summed E-state index contributed by atoms with van der Waals surface area (Å²) >= 11 is 1.18. The van der Waals surface area contributed by atoms with Gasteiger partial charge >= 0.3 is 6.18 Å². The molecule has 1 amide bonds. The van der Waals surface area contributed by atoms with Crippen LogP contribution in [0.5, 0.6) is 5.75 Å². The van der Waals surface area contributed by atoms with Crippen LogP contribution in [0.15, 0.2) is 77.7 Å². The van der Waals surface area contributed by atoms with Crippen molar-refractivity contribution in [1.29, 1.82) is 0 Å². The first kappa shape index (κ1) is 20.6. The number of rotatable bonds is 6. The van der Waals surface area contributed by atoms with E-state index in [1.165, 1.54) is 31.2 Å². The molecule has 0 aliphatic rings. The van der Waals surface area contributed by atoms with Gasteiger partial charge in [0.15, 0.2) is 0 Å². The molecule has 4 nitrogen and oxygen atoms in total. The van der Waals surface area contributed by atoms with E-state index in [4.69, 9.17) is 4.74 Å². The third-order valence-corrected chi connectivity index (χ3v) is 4.82. The first-order chi connectivity index (χ1) is 13.9. The van der Waals surface area contributed by atoms with Crippen LogP contribution in [0.4, 0.5) is 24.5 Å². The molecule has 0 bridgehead atoms. The first-order valence-corrected chi connectivity index (χ1v) is 9.33. The second-order valence-corrected chi connectivity index (χ2v) is 6.84. The van der Waals surface area contributed by atoms with Crippen molar-refractivity contribution in [2.24, 2.45) is 0 Å². The van der Waals surface area contributed by atoms with Crippen LogP contribution >= 0.6 is 11.9 Å². The van der Waals surface area contributed by atoms with Crippen molar-refractivity contribution >= 4 is 29.2 Å². The highest BCUT2D eigenvalue weighted by Gasteiger charge is 2.29. The predicted molar refractivity (Wildman–Crippen MR) is 108 cm³/mol. The highest BCUT2D eigenvalue weighted by molar-refractivity contribution is 8.00. The Morgan fingerprint density at radius 2 is 1.59 bits per heavy atom. The molecule has 3 rings (SSSR count). The first-order valence-electron chi connectivity index (χ1n) is 8.51. The van der Waals surface area contributed by atoms with Gasteiger partial charge in [-0.15, -0.1) is 0 Å². The molecule has 0 aliphatic carbocycles. The molecule has 3 aromatic rings. The van der Waals surface area contributed by atoms with Gasteiger partial charge < -0.3 is 14.8 Å². The summed E-state index contributed by atoms with van der Waals surface area (Å²) in [7, 11) is 1.53. The van der Waals surface area contributed by atoms with Crippen LogP contribution in [0.3, 0.4) is 0 Å². The maximum Gasteiger partial charge on any atom is 0.416 e. The summed E-state index contributed by atoms with van der Waals surface area (Å²) in [6, 6.07) is 18.7. The van der Waals surface area contributed by atoms with E-state index in [2.05, 4.69) is 10.0 Å². The number of methoxy groups -OCH3 is 1. The van der Waals surface area contributed by atoms with Crippen molar-refractivity contribution in [3.05, 3.63) is 83.9 Å². The maximum atomic E-state index is 12.6. The van der Waals surface area contributed by atoms with Crippen LogP contribution in [0.25, 0.3) is 0 Å². The maximum absolute atomic E-state index is 12.6. The molecule has 0 atom stereocenters. The molecule has 0 saturated carbocycles. The van der Waals surface area contributed by atoms with Crippen molar-refractivity contribution in [2.75, 3.05) is 17.1 Å². The fraction of sp³-hybridized carbons (Fsp3) is 0.0952. The number of hydrogen-bond donors (Lipinski definition) is 2. The van der Waals surface area contributed by atoms with Crippen molar-refractivity contribution in [3.63, 3.8) is 0 Å². The molecule has 0 heterocycles. The minimum atomic E-state index is -4.35. The number of hydrogen-bond acceptors (Lipinski definition) is 4. The van der Waals surface area contributed by atoms with Crippen LogP contribution in [0, 0.1) is 0 Å². The topological polar surface area (TPSA) is 50.4 Å². The number of alkyl halides is 3. The van der Waals surface area contributed by atoms with E-state index in [0.29, 0.717) is 27.6 Å². The van der Waals surface area contributed by atoms with Gasteiger partial charge in [0.05, 0.1) is 18.4 Å². The number of carbonyl (C=O) groups is 1. The summed E-state index contributed by atoms with van der Waals surface area (Å²) in [5.74, 6) is 0.281. The summed E-state index contributed by atoms with van der Waals surface area (Å²) < 4.78 is 46.0. The van der Waals surface area contributed by atoms with Gasteiger partial charge in [-0.05, 0) is 72.6 Å². The number of benzene rings is 3. The van der Waals surface area contributed by atoms with Gasteiger partial charge in [0.1, 0.15) is 5.75 Å². The Labute approximate surface area is 170 Å². The Balaban J connectivity index is 1.59. The van der Waals surface area contributed by atoms with E-state index in [9.17, 15) is 18.0 Å². The fourth-order valence-electron chi connectivity index (χ4n) is 2.46. The van der Waals surface area contributed by atoms with E-state index in [-0.39, 0.29) is 5.91 Å². The van der Waals surface area contributed by atoms with Gasteiger partial charge in [-0.3, -0.25) is 4.79 Å². The van der Waals surface area contributed by atoms with Gasteiger partial charge in [0.2, 0.25) is 0 Å². The van der Waals surface area contributed by atoms with Crippen LogP contribution in [-0.4, -0.2) is 13.0 Å². The largest absolute Gasteiger partial charge is 0.495 e. The zero-order chi connectivity index (χ0) is 20.9. The lowest BCUT2D eigenvalue weighted by Gasteiger charge is -2.11. The zero-order valence-corrected chi connectivity index (χ0v) is 16.1. The Hall–Kier alpha value is -3.13. The van der Waals surface area contributed by atoms with Crippen molar-refractivity contribution in [2.45, 2.75) is 11.1 Å². The van der Waals surface area contributed by atoms with E-state index >= 15 is 0 Å². The lowest BCUT2D eigenvalue weighted by atomic mass is 10.2. The summed E-state index contributed by atoms with van der Waals surface area (Å²) in [5, 5.41) is 2.79. The van der Waals surface area contributed by atoms with Crippen LogP contribution in [0.1, 0.15) is 15.9 Å². The van der Waals surface area contributed by atoms with Crippen LogP contribution < -0.4 is 14.8 Å². The van der Waals surface area contributed by atoms with Gasteiger partial charge in [-0.1, -0.05) is 12.1 Å². The minimum Gasteiger partial charge on any atom is -0.495 e. The average molecular weight is 418 g/mol. The van der Waals surface area contributed by atoms with Crippen molar-refractivity contribution < 1.29 is 22.7 Å². The SMILES string of the molecule is COc1ccccc1NC(=O)c1ccc(NSc2ccc(C(F)(F)F)cc2)cc1. The molecular weight excluding hydrogens is 401 g/mol. The third-order valence-electron chi connectivity index (χ3n) is 3.97. The Morgan fingerprint density at radius 1 is 0.931 bits per heavy atom. The molecular formula is C21H17F3N2O2S. The molecule has 0 unspecified atom stereocenters. The van der Waals surface area contributed by atoms with E-state index in [1.54, 1.807) is 42.5 Å². The molecule has 0 spiro atoms. The lowest BCUT2D eigenvalue weighted by molar-refractivity contribution is -0.137. The lowest BCUT2D eigenvalue weighted by Crippen LogP contribution is -2.12. The number of amides is 1. The zero-order valence-electron chi connectivity index (χ0n) is 15.3. The molecule has 0 saturated heterocycles. The number of ether oxygens (including phenoxy) is 1. The van der Waals surface area contributed by atoms with Crippen molar-refractivity contribution in [3.8, 4) is 5.75 Å². The monoisotopic (exact) mass is 418 g/mol. The van der Waals surface area contributed by atoms with Gasteiger partial charge in [-0.25, -0.2) is 0 Å². The second kappa shape index (κ2) is 8.91. The molecule has 0 aliphatic heterocycles. The average Bonchev–Trinajstić information content (AvgIpc) is 2.72. The van der Waals surface area contributed by atoms with Gasteiger partial charge in [0, 0.05) is 16.1 Å². The molecule has 8 heteroatoms. The van der Waals surface area contributed by atoms with Crippen LogP contribution in [-0.2, 0) is 6.18 Å². The number of carbonyl (C=O) groups excluding carboxylic acids is 1. The highest BCUT2D eigenvalue weighted by Crippen LogP contribution is 2.31. The molecule has 0 fully saturated rings. The Bertz CT molecular complexity index is 974. The molecule has 2 N–H and O–H groups in total. The molecule has 29 heavy (non-hydrogen) atoms. The predicted octanol–water partition coefficient (Wildman–Crippen LogP) is 6.09. The number of para-hydroxylation sites is 2. The second-order valence-electron chi connectivity index (χ2n) is 5.96. The van der Waals surface area contributed by atoms with Gasteiger partial charge in [0.25, 0.3) is 5.91 Å². The number of anilines is 2. The summed E-state index contributed by atoms with van der Waals surface area (Å²) in [4.78, 5) is 13.0. The molecule has 3 aromatic carbocycles. The van der Waals surface area contributed by atoms with Gasteiger partial charge in [-0.2, -0.15) is 13.2 Å². The third kappa shape index (κ3) is 5.45. The standard InChI is InChI=1S/C21H17F3N2O2S/c1-28-19-5-3-2-4-18(19)25-20(27)14-6-10-16(11-7-14)26-29-17-12-8-15(9-13-17)21(22,23)24/h2-13,26H,1H3,(H,25,27). The normalized spacial score (nSPS) is 11.0. The smallest absolute Gasteiger partial charge is 0.416 e. The quantitative estimate of drug-likeness (QED) is 0.476. The fourth-order valence-corrected chi connectivity index (χ4v) is 3.11. The Morgan fingerprint density at radius 3 is 2.21 bits per heavy atom. The molecule has 0 aromatic heterocycles. The van der Waals surface area contributed by atoms with Crippen LogP contribution in [0.2, 0.25) is 0 Å². The summed E-state index contributed by atoms with van der Waals surface area (Å²) in [6.45, 7) is 0. The Kier molecular flexibility index (Phi) is 6.33. The van der Waals surface area contributed by atoms with E-state index in [1.807, 2.05) is 6.07 Å². The highest BCUT2D eigenvalue weighted by atomic mass is 32.2. The number of halogens is 3. The summed E-state index contributed by atoms with van der Waals surface area (Å²) in [5.41, 5.74) is 1.05. The minimum absolute atomic E-state index is 0.281. The summed E-state index contributed by atoms with van der Waals surface area (Å²) in [6.07, 6.45) is -4.35. The molecule has 150 valence electrons. The van der Waals surface area contributed by atoms with E-state index in [0.717, 1.165) is 12.1 Å². The molecule has 0 radical (unpaired) electrons.